The fourth-order valence-corrected chi connectivity index (χ4v) is 5.14. The Labute approximate surface area is 211 Å². The summed E-state index contributed by atoms with van der Waals surface area (Å²) in [4.78, 5) is 16.7. The second kappa shape index (κ2) is 9.00. The molecule has 3 heterocycles. The van der Waals surface area contributed by atoms with Gasteiger partial charge >= 0.3 is 0 Å². The van der Waals surface area contributed by atoms with Gasteiger partial charge in [-0.15, -0.1) is 0 Å². The van der Waals surface area contributed by atoms with Gasteiger partial charge in [0.1, 0.15) is 17.0 Å². The van der Waals surface area contributed by atoms with E-state index in [1.807, 2.05) is 0 Å². The number of halogens is 1. The number of hydrogen-bond acceptors (Lipinski definition) is 7. The minimum atomic E-state index is -3.57. The second-order valence-electron chi connectivity index (χ2n) is 8.59. The number of aromatic nitrogens is 4. The summed E-state index contributed by atoms with van der Waals surface area (Å²) in [5, 5.41) is 3.96. The second-order valence-corrected chi connectivity index (χ2v) is 10.9. The van der Waals surface area contributed by atoms with E-state index >= 15 is 0 Å². The topological polar surface area (TPSA) is 109 Å². The van der Waals surface area contributed by atoms with Crippen molar-refractivity contribution in [1.29, 1.82) is 0 Å². The normalized spacial score (nSPS) is 11.8. The Morgan fingerprint density at radius 2 is 1.89 bits per heavy atom. The summed E-state index contributed by atoms with van der Waals surface area (Å²) in [7, 11) is -1.99. The number of benzene rings is 2. The molecule has 0 aliphatic heterocycles. The molecule has 0 aliphatic carbocycles. The predicted molar refractivity (Wildman–Crippen MR) is 135 cm³/mol. The van der Waals surface area contributed by atoms with Crippen LogP contribution in [0, 0.1) is 19.7 Å². The van der Waals surface area contributed by atoms with Crippen molar-refractivity contribution in [2.24, 2.45) is 7.05 Å². The van der Waals surface area contributed by atoms with Crippen molar-refractivity contribution in [2.45, 2.75) is 25.7 Å². The first-order valence-electron chi connectivity index (χ1n) is 11.4. The first kappa shape index (κ1) is 24.4. The molecule has 0 saturated carbocycles. The van der Waals surface area contributed by atoms with Gasteiger partial charge in [0.15, 0.2) is 21.4 Å². The van der Waals surface area contributed by atoms with Crippen LogP contribution in [0.1, 0.15) is 18.4 Å². The Morgan fingerprint density at radius 1 is 1.11 bits per heavy atom. The molecule has 9 nitrogen and oxygen atoms in total. The highest BCUT2D eigenvalue weighted by Crippen LogP contribution is 2.38. The molecule has 2 aromatic carbocycles. The molecule has 0 N–H and O–H groups in total. The Kier molecular flexibility index (Phi) is 5.95. The van der Waals surface area contributed by atoms with Gasteiger partial charge in [-0.2, -0.15) is 0 Å². The summed E-state index contributed by atoms with van der Waals surface area (Å²) in [5.41, 5.74) is 2.83. The molecule has 11 heteroatoms. The molecule has 0 radical (unpaired) electrons. The highest BCUT2D eigenvalue weighted by molar-refractivity contribution is 7.91. The molecule has 0 unspecified atom stereocenters. The van der Waals surface area contributed by atoms with E-state index in [0.717, 1.165) is 5.56 Å². The lowest BCUT2D eigenvalue weighted by atomic mass is 10.0. The summed E-state index contributed by atoms with van der Waals surface area (Å²) < 4.78 is 54.6. The lowest BCUT2D eigenvalue weighted by Gasteiger charge is -2.16. The number of sulfone groups is 1. The van der Waals surface area contributed by atoms with Crippen LogP contribution >= 0.6 is 0 Å². The van der Waals surface area contributed by atoms with Gasteiger partial charge in [0.05, 0.1) is 34.6 Å². The fourth-order valence-electron chi connectivity index (χ4n) is 4.24. The third-order valence-electron chi connectivity index (χ3n) is 6.19. The lowest BCUT2D eigenvalue weighted by molar-refractivity contribution is 0.393. The zero-order chi connectivity index (χ0) is 26.5. The average Bonchev–Trinajstić information content (AvgIpc) is 3.50. The summed E-state index contributed by atoms with van der Waals surface area (Å²) in [6.07, 6.45) is 4.43. The Morgan fingerprint density at radius 3 is 2.59 bits per heavy atom. The standard InChI is InChI=1S/C26H23FN4O5S/c1-5-37(33,34)18-7-9-23(19(11-18)22-13-30(4)26(32)21-12-28-14-31(21)22)35-24-10-17(6-8-20(24)27)25-15(2)29-36-16(25)3/h6-14H,5H2,1-4H3. The molecule has 3 aromatic heterocycles. The molecule has 0 saturated heterocycles. The van der Waals surface area contributed by atoms with Crippen molar-refractivity contribution >= 4 is 15.4 Å². The number of ether oxygens (including phenoxy) is 1. The highest BCUT2D eigenvalue weighted by atomic mass is 32.2. The molecule has 190 valence electrons. The van der Waals surface area contributed by atoms with Crippen molar-refractivity contribution in [3.05, 3.63) is 82.7 Å². The van der Waals surface area contributed by atoms with Gasteiger partial charge in [0, 0.05) is 24.4 Å². The number of imidazole rings is 1. The van der Waals surface area contributed by atoms with Gasteiger partial charge in [0.2, 0.25) is 0 Å². The summed E-state index contributed by atoms with van der Waals surface area (Å²) in [6.45, 7) is 5.10. The largest absolute Gasteiger partial charge is 0.454 e. The molecular formula is C26H23FN4O5S. The van der Waals surface area contributed by atoms with E-state index in [1.54, 1.807) is 44.5 Å². The van der Waals surface area contributed by atoms with Crippen LogP contribution in [0.15, 0.2) is 69.3 Å². The smallest absolute Gasteiger partial charge is 0.276 e. The number of nitrogens with zero attached hydrogens (tertiary/aromatic N) is 4. The predicted octanol–water partition coefficient (Wildman–Crippen LogP) is 4.70. The van der Waals surface area contributed by atoms with Gasteiger partial charge in [-0.1, -0.05) is 18.1 Å². The first-order chi connectivity index (χ1) is 17.6. The van der Waals surface area contributed by atoms with Crippen LogP contribution in [0.25, 0.3) is 27.9 Å². The maximum Gasteiger partial charge on any atom is 0.276 e. The van der Waals surface area contributed by atoms with Crippen molar-refractivity contribution < 1.29 is 22.1 Å². The van der Waals surface area contributed by atoms with Crippen molar-refractivity contribution in [2.75, 3.05) is 5.75 Å². The van der Waals surface area contributed by atoms with E-state index < -0.39 is 15.7 Å². The van der Waals surface area contributed by atoms with E-state index in [9.17, 15) is 17.6 Å². The summed E-state index contributed by atoms with van der Waals surface area (Å²) in [5.74, 6) is -0.0123. The zero-order valence-electron chi connectivity index (χ0n) is 20.5. The third-order valence-corrected chi connectivity index (χ3v) is 7.92. The molecule has 0 atom stereocenters. The average molecular weight is 523 g/mol. The maximum atomic E-state index is 15.0. The van der Waals surface area contributed by atoms with Gasteiger partial charge in [-0.25, -0.2) is 17.8 Å². The molecule has 5 aromatic rings. The van der Waals surface area contributed by atoms with Crippen LogP contribution in [0.3, 0.4) is 0 Å². The van der Waals surface area contributed by atoms with Crippen LogP contribution < -0.4 is 10.3 Å². The monoisotopic (exact) mass is 522 g/mol. The number of rotatable bonds is 6. The molecule has 0 bridgehead atoms. The van der Waals surface area contributed by atoms with E-state index in [2.05, 4.69) is 10.1 Å². The molecule has 0 amide bonds. The quantitative estimate of drug-likeness (QED) is 0.318. The van der Waals surface area contributed by atoms with Gasteiger partial charge in [0.25, 0.3) is 5.56 Å². The van der Waals surface area contributed by atoms with Gasteiger partial charge < -0.3 is 13.8 Å². The van der Waals surface area contributed by atoms with E-state index in [0.29, 0.717) is 33.8 Å². The molecule has 0 aliphatic rings. The SMILES string of the molecule is CCS(=O)(=O)c1ccc(Oc2cc(-c3c(C)noc3C)ccc2F)c(-c2cn(C)c(=O)c3cncn23)c1. The minimum absolute atomic E-state index is 0.0726. The number of fused-ring (bicyclic) bond motifs is 1. The minimum Gasteiger partial charge on any atom is -0.454 e. The van der Waals surface area contributed by atoms with Crippen LogP contribution in [0.5, 0.6) is 11.5 Å². The maximum absolute atomic E-state index is 15.0. The Balaban J connectivity index is 1.72. The van der Waals surface area contributed by atoms with Gasteiger partial charge in [-0.05, 0) is 49.7 Å². The highest BCUT2D eigenvalue weighted by Gasteiger charge is 2.21. The van der Waals surface area contributed by atoms with Crippen molar-refractivity contribution in [1.82, 2.24) is 19.1 Å². The molecular weight excluding hydrogens is 499 g/mol. The molecule has 0 spiro atoms. The third kappa shape index (κ3) is 4.20. The Hall–Kier alpha value is -4.25. The van der Waals surface area contributed by atoms with Crippen LogP contribution in [0.4, 0.5) is 4.39 Å². The van der Waals surface area contributed by atoms with Crippen molar-refractivity contribution in [3.63, 3.8) is 0 Å². The lowest BCUT2D eigenvalue weighted by Crippen LogP contribution is -2.19. The van der Waals surface area contributed by atoms with Crippen LogP contribution in [0.2, 0.25) is 0 Å². The van der Waals surface area contributed by atoms with Crippen LogP contribution in [-0.4, -0.2) is 33.3 Å². The summed E-state index contributed by atoms with van der Waals surface area (Å²) >= 11 is 0. The first-order valence-corrected chi connectivity index (χ1v) is 13.1. The Bertz CT molecular complexity index is 1820. The fraction of sp³-hybridized carbons (Fsp3) is 0.192. The van der Waals surface area contributed by atoms with E-state index in [-0.39, 0.29) is 27.7 Å². The van der Waals surface area contributed by atoms with Crippen LogP contribution in [-0.2, 0) is 16.9 Å². The van der Waals surface area contributed by atoms with Gasteiger partial charge in [-0.3, -0.25) is 9.20 Å². The number of hydrogen-bond donors (Lipinski definition) is 0. The van der Waals surface area contributed by atoms with Crippen molar-refractivity contribution in [3.8, 4) is 33.9 Å². The van der Waals surface area contributed by atoms with E-state index in [1.165, 1.54) is 47.4 Å². The molecule has 0 fully saturated rings. The number of aryl methyl sites for hydroxylation is 3. The zero-order valence-corrected chi connectivity index (χ0v) is 21.3. The van der Waals surface area contributed by atoms with E-state index in [4.69, 9.17) is 9.26 Å². The summed E-state index contributed by atoms with van der Waals surface area (Å²) in [6, 6.07) is 8.79. The molecule has 5 rings (SSSR count). The molecule has 37 heavy (non-hydrogen) atoms.